The average molecular weight is 561 g/mol. The molecule has 41 heavy (non-hydrogen) atoms. The normalized spacial score (nSPS) is 12.7. The summed E-state index contributed by atoms with van der Waals surface area (Å²) in [5.41, 5.74) is 5.47. The minimum Gasteiger partial charge on any atom is -0.481 e. The number of ether oxygens (including phenoxy) is 3. The average Bonchev–Trinajstić information content (AvgIpc) is 3.31. The number of benzene rings is 3. The van der Waals surface area contributed by atoms with E-state index in [2.05, 4.69) is 10.6 Å². The maximum Gasteiger partial charge on any atom is 0.407 e. The second-order valence-corrected chi connectivity index (χ2v) is 9.75. The van der Waals surface area contributed by atoms with Gasteiger partial charge in [0.15, 0.2) is 0 Å². The molecule has 0 saturated heterocycles. The number of hydrogen-bond acceptors (Lipinski definition) is 6. The Kier molecular flexibility index (Phi) is 11.3. The van der Waals surface area contributed by atoms with E-state index >= 15 is 0 Å². The standard InChI is InChI=1S/C32H36N2O7/c35-30(36)16-15-29(31(37)33-17-8-18-39-19-20-40-21-23-9-2-1-3-10-23)34-32(38)41-22-28-26-13-6-4-11-24(26)25-12-5-7-14-27(25)28/h1-7,9-14,28-29H,8,15-22H2,(H,33,37)(H,34,38)(H,35,36). The van der Waals surface area contributed by atoms with Crippen molar-refractivity contribution in [1.82, 2.24) is 10.6 Å². The van der Waals surface area contributed by atoms with E-state index in [1.165, 1.54) is 0 Å². The van der Waals surface area contributed by atoms with Gasteiger partial charge in [-0.3, -0.25) is 9.59 Å². The molecule has 0 fully saturated rings. The van der Waals surface area contributed by atoms with Crippen molar-refractivity contribution < 1.29 is 33.7 Å². The van der Waals surface area contributed by atoms with E-state index in [1.807, 2.05) is 78.9 Å². The van der Waals surface area contributed by atoms with Crippen molar-refractivity contribution in [3.63, 3.8) is 0 Å². The first-order chi connectivity index (χ1) is 20.0. The number of carboxylic acids is 1. The first-order valence-corrected chi connectivity index (χ1v) is 13.8. The van der Waals surface area contributed by atoms with E-state index in [-0.39, 0.29) is 25.4 Å². The Labute approximate surface area is 239 Å². The van der Waals surface area contributed by atoms with Crippen LogP contribution in [0.5, 0.6) is 0 Å². The molecule has 0 aliphatic heterocycles. The van der Waals surface area contributed by atoms with Crippen molar-refractivity contribution in [3.05, 3.63) is 95.6 Å². The molecule has 216 valence electrons. The lowest BCUT2D eigenvalue weighted by molar-refractivity contribution is -0.137. The molecule has 1 aliphatic rings. The van der Waals surface area contributed by atoms with Crippen molar-refractivity contribution in [2.24, 2.45) is 0 Å². The van der Waals surface area contributed by atoms with Crippen LogP contribution in [-0.2, 0) is 30.4 Å². The fourth-order valence-electron chi connectivity index (χ4n) is 4.81. The molecular weight excluding hydrogens is 524 g/mol. The number of carbonyl (C=O) groups excluding carboxylic acids is 2. The van der Waals surface area contributed by atoms with E-state index < -0.39 is 24.0 Å². The Hall–Kier alpha value is -4.21. The van der Waals surface area contributed by atoms with Crippen LogP contribution in [0.2, 0.25) is 0 Å². The van der Waals surface area contributed by atoms with Crippen LogP contribution in [0.4, 0.5) is 4.79 Å². The lowest BCUT2D eigenvalue weighted by atomic mass is 9.98. The summed E-state index contributed by atoms with van der Waals surface area (Å²) in [6.07, 6.45) is -0.536. The summed E-state index contributed by atoms with van der Waals surface area (Å²) in [4.78, 5) is 36.6. The van der Waals surface area contributed by atoms with E-state index in [4.69, 9.17) is 19.3 Å². The number of hydrogen-bond donors (Lipinski definition) is 3. The topological polar surface area (TPSA) is 123 Å². The molecule has 0 heterocycles. The molecule has 1 unspecified atom stereocenters. The molecule has 0 bridgehead atoms. The maximum absolute atomic E-state index is 12.8. The van der Waals surface area contributed by atoms with Gasteiger partial charge in [-0.05, 0) is 40.7 Å². The highest BCUT2D eigenvalue weighted by atomic mass is 16.5. The zero-order valence-corrected chi connectivity index (χ0v) is 22.9. The van der Waals surface area contributed by atoms with Crippen LogP contribution in [0.1, 0.15) is 41.9 Å². The molecule has 2 amide bonds. The fourth-order valence-corrected chi connectivity index (χ4v) is 4.81. The van der Waals surface area contributed by atoms with Crippen molar-refractivity contribution in [2.45, 2.75) is 37.8 Å². The van der Waals surface area contributed by atoms with Gasteiger partial charge in [-0.15, -0.1) is 0 Å². The van der Waals surface area contributed by atoms with Crippen molar-refractivity contribution in [2.75, 3.05) is 33.0 Å². The SMILES string of the molecule is O=C(O)CCC(NC(=O)OCC1c2ccccc2-c2ccccc21)C(=O)NCCCOCCOCc1ccccc1. The molecule has 1 atom stereocenters. The van der Waals surface area contributed by atoms with Gasteiger partial charge in [-0.1, -0.05) is 78.9 Å². The van der Waals surface area contributed by atoms with Crippen LogP contribution >= 0.6 is 0 Å². The molecule has 1 aliphatic carbocycles. The van der Waals surface area contributed by atoms with Gasteiger partial charge in [-0.25, -0.2) is 4.79 Å². The quantitative estimate of drug-likeness (QED) is 0.221. The van der Waals surface area contributed by atoms with Crippen LogP contribution in [0.15, 0.2) is 78.9 Å². The summed E-state index contributed by atoms with van der Waals surface area (Å²) in [6.45, 7) is 2.26. The first-order valence-electron chi connectivity index (χ1n) is 13.8. The molecule has 3 aromatic rings. The van der Waals surface area contributed by atoms with Gasteiger partial charge >= 0.3 is 12.1 Å². The smallest absolute Gasteiger partial charge is 0.407 e. The predicted molar refractivity (Wildman–Crippen MR) is 153 cm³/mol. The lowest BCUT2D eigenvalue weighted by Crippen LogP contribution is -2.47. The van der Waals surface area contributed by atoms with Crippen LogP contribution < -0.4 is 10.6 Å². The van der Waals surface area contributed by atoms with Crippen LogP contribution in [0.3, 0.4) is 0 Å². The first kappa shape index (κ1) is 29.8. The van der Waals surface area contributed by atoms with Gasteiger partial charge < -0.3 is 30.0 Å². The second kappa shape index (κ2) is 15.5. The highest BCUT2D eigenvalue weighted by molar-refractivity contribution is 5.86. The fraction of sp³-hybridized carbons (Fsp3) is 0.344. The lowest BCUT2D eigenvalue weighted by Gasteiger charge is -2.19. The Morgan fingerprint density at radius 1 is 0.805 bits per heavy atom. The van der Waals surface area contributed by atoms with Gasteiger partial charge in [0, 0.05) is 25.5 Å². The van der Waals surface area contributed by atoms with Crippen molar-refractivity contribution in [1.29, 1.82) is 0 Å². The summed E-state index contributed by atoms with van der Waals surface area (Å²) in [7, 11) is 0. The highest BCUT2D eigenvalue weighted by Crippen LogP contribution is 2.44. The second-order valence-electron chi connectivity index (χ2n) is 9.75. The highest BCUT2D eigenvalue weighted by Gasteiger charge is 2.30. The van der Waals surface area contributed by atoms with Crippen LogP contribution in [0.25, 0.3) is 11.1 Å². The van der Waals surface area contributed by atoms with Gasteiger partial charge in [0.1, 0.15) is 12.6 Å². The number of carbonyl (C=O) groups is 3. The number of alkyl carbamates (subject to hydrolysis) is 1. The van der Waals surface area contributed by atoms with Gasteiger partial charge in [0.2, 0.25) is 5.91 Å². The number of aliphatic carboxylic acids is 1. The Morgan fingerprint density at radius 3 is 2.12 bits per heavy atom. The molecule has 9 heteroatoms. The molecule has 0 radical (unpaired) electrons. The van der Waals surface area contributed by atoms with E-state index in [9.17, 15) is 14.4 Å². The van der Waals surface area contributed by atoms with E-state index in [0.29, 0.717) is 39.4 Å². The molecule has 0 saturated carbocycles. The molecule has 3 N–H and O–H groups in total. The minimum absolute atomic E-state index is 0.0549. The van der Waals surface area contributed by atoms with Crippen LogP contribution in [0, 0.1) is 0 Å². The Balaban J connectivity index is 1.18. The molecular formula is C32H36N2O7. The molecule has 3 aromatic carbocycles. The number of carboxylic acid groups (broad SMARTS) is 1. The Bertz CT molecular complexity index is 1250. The van der Waals surface area contributed by atoms with Gasteiger partial charge in [0.05, 0.1) is 19.8 Å². The number of fused-ring (bicyclic) bond motifs is 3. The van der Waals surface area contributed by atoms with Gasteiger partial charge in [0.25, 0.3) is 0 Å². The monoisotopic (exact) mass is 560 g/mol. The Morgan fingerprint density at radius 2 is 1.44 bits per heavy atom. The van der Waals surface area contributed by atoms with E-state index in [0.717, 1.165) is 27.8 Å². The number of amides is 2. The van der Waals surface area contributed by atoms with Crippen LogP contribution in [-0.4, -0.2) is 62.1 Å². The summed E-state index contributed by atoms with van der Waals surface area (Å²) >= 11 is 0. The molecule has 4 rings (SSSR count). The maximum atomic E-state index is 12.8. The number of rotatable bonds is 16. The third kappa shape index (κ3) is 8.89. The van der Waals surface area contributed by atoms with Crippen molar-refractivity contribution >= 4 is 18.0 Å². The minimum atomic E-state index is -1.06. The zero-order chi connectivity index (χ0) is 28.9. The molecule has 0 spiro atoms. The summed E-state index contributed by atoms with van der Waals surface area (Å²) in [5, 5.41) is 14.4. The largest absolute Gasteiger partial charge is 0.481 e. The summed E-state index contributed by atoms with van der Waals surface area (Å²) in [6, 6.07) is 24.8. The summed E-state index contributed by atoms with van der Waals surface area (Å²) in [5.74, 6) is -1.64. The third-order valence-corrected chi connectivity index (χ3v) is 6.85. The summed E-state index contributed by atoms with van der Waals surface area (Å²) < 4.78 is 16.7. The number of nitrogens with one attached hydrogen (secondary N) is 2. The van der Waals surface area contributed by atoms with E-state index in [1.54, 1.807) is 0 Å². The molecule has 9 nitrogen and oxygen atoms in total. The van der Waals surface area contributed by atoms with Gasteiger partial charge in [-0.2, -0.15) is 0 Å². The predicted octanol–water partition coefficient (Wildman–Crippen LogP) is 4.50. The zero-order valence-electron chi connectivity index (χ0n) is 22.9. The third-order valence-electron chi connectivity index (χ3n) is 6.85. The van der Waals surface area contributed by atoms with Crippen molar-refractivity contribution in [3.8, 4) is 11.1 Å². The molecule has 0 aromatic heterocycles.